The Morgan fingerprint density at radius 3 is 2.28 bits per heavy atom. The van der Waals surface area contributed by atoms with E-state index in [2.05, 4.69) is 0 Å². The molecule has 0 fully saturated rings. The molecule has 3 aromatic rings. The lowest BCUT2D eigenvalue weighted by Crippen LogP contribution is -2.03. The minimum atomic E-state index is -0.488. The Bertz CT molecular complexity index is 992. The van der Waals surface area contributed by atoms with Gasteiger partial charge < -0.3 is 19.3 Å². The van der Waals surface area contributed by atoms with Crippen molar-refractivity contribution in [2.24, 2.45) is 0 Å². The molecule has 148 valence electrons. The van der Waals surface area contributed by atoms with E-state index in [0.717, 1.165) is 11.1 Å². The van der Waals surface area contributed by atoms with Crippen molar-refractivity contribution < 1.29 is 24.1 Å². The van der Waals surface area contributed by atoms with Crippen molar-refractivity contribution in [1.82, 2.24) is 0 Å². The zero-order chi connectivity index (χ0) is 20.6. The number of aryl methyl sites for hydroxylation is 1. The summed E-state index contributed by atoms with van der Waals surface area (Å²) >= 11 is 0. The highest BCUT2D eigenvalue weighted by molar-refractivity contribution is 5.83. The number of allylic oxidation sites excluding steroid dienone is 1. The number of aliphatic hydroxyl groups excluding tert-OH is 1. The van der Waals surface area contributed by atoms with Crippen molar-refractivity contribution in [2.75, 3.05) is 7.11 Å². The van der Waals surface area contributed by atoms with Gasteiger partial charge in [-0.05, 0) is 60.5 Å². The third kappa shape index (κ3) is 5.17. The van der Waals surface area contributed by atoms with E-state index >= 15 is 0 Å². The fourth-order valence-electron chi connectivity index (χ4n) is 2.73. The van der Waals surface area contributed by atoms with Crippen LogP contribution in [0.1, 0.15) is 16.7 Å². The summed E-state index contributed by atoms with van der Waals surface area (Å²) in [5, 5.41) is 10.1. The van der Waals surface area contributed by atoms with E-state index in [1.54, 1.807) is 43.5 Å². The fraction of sp³-hybridized carbons (Fsp3) is 0.125. The maximum absolute atomic E-state index is 11.2. The summed E-state index contributed by atoms with van der Waals surface area (Å²) in [6.45, 7) is 2.30. The van der Waals surface area contributed by atoms with E-state index < -0.39 is 5.76 Å². The predicted molar refractivity (Wildman–Crippen MR) is 111 cm³/mol. The van der Waals surface area contributed by atoms with Crippen LogP contribution in [0.4, 0.5) is 0 Å². The van der Waals surface area contributed by atoms with E-state index in [1.165, 1.54) is 0 Å². The smallest absolute Gasteiger partial charge is 0.199 e. The van der Waals surface area contributed by atoms with Gasteiger partial charge in [-0.2, -0.15) is 0 Å². The molecule has 1 N–H and O–H groups in total. The van der Waals surface area contributed by atoms with Crippen molar-refractivity contribution in [3.63, 3.8) is 0 Å². The Morgan fingerprint density at radius 2 is 1.66 bits per heavy atom. The number of benzene rings is 3. The second-order valence-electron chi connectivity index (χ2n) is 6.36. The number of hydrogen-bond acceptors (Lipinski definition) is 5. The van der Waals surface area contributed by atoms with Crippen LogP contribution in [0.15, 0.2) is 78.6 Å². The normalized spacial score (nSPS) is 11.4. The molecule has 0 bridgehead atoms. The minimum absolute atomic E-state index is 0.0721. The molecular weight excluding hydrogens is 368 g/mol. The van der Waals surface area contributed by atoms with Crippen molar-refractivity contribution in [1.29, 1.82) is 0 Å². The van der Waals surface area contributed by atoms with E-state index in [9.17, 15) is 9.90 Å². The highest BCUT2D eigenvalue weighted by Gasteiger charge is 2.14. The SMILES string of the molecule is COc1ccc(O/C(=C(/O)C=O)c2ccc(OCc3ccccc3)cc2)c(C)c1. The van der Waals surface area contributed by atoms with Crippen LogP contribution in [-0.2, 0) is 11.4 Å². The second-order valence-corrected chi connectivity index (χ2v) is 6.36. The Morgan fingerprint density at radius 1 is 0.966 bits per heavy atom. The van der Waals surface area contributed by atoms with E-state index in [1.807, 2.05) is 43.3 Å². The molecule has 0 aromatic heterocycles. The monoisotopic (exact) mass is 390 g/mol. The molecule has 0 aliphatic heterocycles. The first-order valence-corrected chi connectivity index (χ1v) is 9.09. The van der Waals surface area contributed by atoms with Crippen LogP contribution in [0.3, 0.4) is 0 Å². The standard InChI is InChI=1S/C24H22O5/c1-17-14-21(27-2)12-13-23(17)29-24(22(26)15-25)19-8-10-20(11-9-19)28-16-18-6-4-3-5-7-18/h3-15,26H,16H2,1-2H3/b24-22+. The maximum Gasteiger partial charge on any atom is 0.199 e. The number of rotatable bonds is 8. The molecule has 0 spiro atoms. The minimum Gasteiger partial charge on any atom is -0.502 e. The third-order valence-electron chi connectivity index (χ3n) is 4.30. The molecule has 0 amide bonds. The molecule has 0 unspecified atom stereocenters. The summed E-state index contributed by atoms with van der Waals surface area (Å²) in [6.07, 6.45) is 0.355. The molecule has 29 heavy (non-hydrogen) atoms. The lowest BCUT2D eigenvalue weighted by Gasteiger charge is -2.14. The van der Waals surface area contributed by atoms with Crippen LogP contribution in [0.2, 0.25) is 0 Å². The van der Waals surface area contributed by atoms with Crippen molar-refractivity contribution in [2.45, 2.75) is 13.5 Å². The summed E-state index contributed by atoms with van der Waals surface area (Å²) < 4.78 is 16.8. The van der Waals surface area contributed by atoms with Crippen molar-refractivity contribution in [3.05, 3.63) is 95.2 Å². The van der Waals surface area contributed by atoms with Crippen LogP contribution in [0.25, 0.3) is 5.76 Å². The second kappa shape index (κ2) is 9.46. The zero-order valence-corrected chi connectivity index (χ0v) is 16.3. The van der Waals surface area contributed by atoms with Gasteiger partial charge in [0.2, 0.25) is 0 Å². The third-order valence-corrected chi connectivity index (χ3v) is 4.30. The van der Waals surface area contributed by atoms with Gasteiger partial charge in [-0.15, -0.1) is 0 Å². The van der Waals surface area contributed by atoms with Gasteiger partial charge >= 0.3 is 0 Å². The first kappa shape index (κ1) is 20.0. The van der Waals surface area contributed by atoms with E-state index in [-0.39, 0.29) is 5.76 Å². The number of hydrogen-bond donors (Lipinski definition) is 1. The molecule has 0 saturated heterocycles. The molecule has 0 heterocycles. The van der Waals surface area contributed by atoms with E-state index in [4.69, 9.17) is 14.2 Å². The first-order valence-electron chi connectivity index (χ1n) is 9.09. The van der Waals surface area contributed by atoms with E-state index in [0.29, 0.717) is 35.7 Å². The average molecular weight is 390 g/mol. The van der Waals surface area contributed by atoms with Gasteiger partial charge in [0.15, 0.2) is 17.8 Å². The molecule has 3 rings (SSSR count). The summed E-state index contributed by atoms with van der Waals surface area (Å²) in [5.74, 6) is 1.46. The number of aliphatic hydroxyl groups is 1. The fourth-order valence-corrected chi connectivity index (χ4v) is 2.73. The lowest BCUT2D eigenvalue weighted by molar-refractivity contribution is -0.107. The van der Waals surface area contributed by atoms with Crippen LogP contribution in [0.5, 0.6) is 17.2 Å². The number of ether oxygens (including phenoxy) is 3. The molecule has 0 atom stereocenters. The molecule has 0 aliphatic carbocycles. The topological polar surface area (TPSA) is 65.0 Å². The van der Waals surface area contributed by atoms with Crippen LogP contribution in [0, 0.1) is 6.92 Å². The van der Waals surface area contributed by atoms with Gasteiger partial charge in [0.25, 0.3) is 0 Å². The Labute approximate surface area is 169 Å². The van der Waals surface area contributed by atoms with Crippen LogP contribution < -0.4 is 14.2 Å². The van der Waals surface area contributed by atoms with Gasteiger partial charge in [-0.3, -0.25) is 4.79 Å². The van der Waals surface area contributed by atoms with Gasteiger partial charge in [-0.25, -0.2) is 0 Å². The van der Waals surface area contributed by atoms with Gasteiger partial charge in [-0.1, -0.05) is 30.3 Å². The maximum atomic E-state index is 11.2. The number of aldehydes is 1. The largest absolute Gasteiger partial charge is 0.502 e. The molecule has 5 nitrogen and oxygen atoms in total. The molecule has 3 aromatic carbocycles. The average Bonchev–Trinajstić information content (AvgIpc) is 2.77. The molecule has 0 radical (unpaired) electrons. The summed E-state index contributed by atoms with van der Waals surface area (Å²) in [7, 11) is 1.58. The number of carbonyl (C=O) groups excluding carboxylic acids is 1. The van der Waals surface area contributed by atoms with Crippen molar-refractivity contribution in [3.8, 4) is 17.2 Å². The van der Waals surface area contributed by atoms with Gasteiger partial charge in [0.1, 0.15) is 23.9 Å². The van der Waals surface area contributed by atoms with Gasteiger partial charge in [0, 0.05) is 5.56 Å². The van der Waals surface area contributed by atoms with Gasteiger partial charge in [0.05, 0.1) is 7.11 Å². The predicted octanol–water partition coefficient (Wildman–Crippen LogP) is 5.09. The highest BCUT2D eigenvalue weighted by atomic mass is 16.5. The summed E-state index contributed by atoms with van der Waals surface area (Å²) in [6, 6.07) is 22.1. The zero-order valence-electron chi connectivity index (χ0n) is 16.3. The Hall–Kier alpha value is -3.73. The molecule has 5 heteroatoms. The quantitative estimate of drug-likeness (QED) is 0.330. The molecule has 0 saturated carbocycles. The molecule has 0 aliphatic rings. The lowest BCUT2D eigenvalue weighted by atomic mass is 10.1. The Balaban J connectivity index is 1.78. The van der Waals surface area contributed by atoms with Crippen molar-refractivity contribution >= 4 is 12.0 Å². The Kier molecular flexibility index (Phi) is 6.53. The first-order chi connectivity index (χ1) is 14.1. The van der Waals surface area contributed by atoms with Crippen LogP contribution >= 0.6 is 0 Å². The highest BCUT2D eigenvalue weighted by Crippen LogP contribution is 2.29. The summed E-state index contributed by atoms with van der Waals surface area (Å²) in [4.78, 5) is 11.2. The molecular formula is C24H22O5. The number of methoxy groups -OCH3 is 1. The number of carbonyl (C=O) groups is 1. The van der Waals surface area contributed by atoms with Crippen LogP contribution in [-0.4, -0.2) is 18.5 Å². The summed E-state index contributed by atoms with van der Waals surface area (Å²) in [5.41, 5.74) is 2.43.